The highest BCUT2D eigenvalue weighted by Crippen LogP contribution is 2.30. The summed E-state index contributed by atoms with van der Waals surface area (Å²) in [5.41, 5.74) is 3.70. The highest BCUT2D eigenvalue weighted by atomic mass is 32.2. The molecule has 4 nitrogen and oxygen atoms in total. The van der Waals surface area contributed by atoms with E-state index in [1.165, 1.54) is 0 Å². The number of hydrogen-bond acceptors (Lipinski definition) is 6. The molecule has 32 heavy (non-hydrogen) atoms. The van der Waals surface area contributed by atoms with Crippen LogP contribution in [0.5, 0.6) is 0 Å². The lowest BCUT2D eigenvalue weighted by atomic mass is 9.90. The number of rotatable bonds is 10. The summed E-state index contributed by atoms with van der Waals surface area (Å²) < 4.78 is 0. The standard InChI is InChI=1S/C26H28N2O2S2/c1-18-9-10-20(23(14-18)26(30)19-6-2-3-7-19)15-22(29)16-25-28-21(17-32-25)11-13-31-24-8-4-5-12-27-24/h4-5,8-10,12,14,17,19H,2-3,6-7,11,13,15-16H2,1H3. The van der Waals surface area contributed by atoms with Gasteiger partial charge in [0.1, 0.15) is 10.8 Å². The van der Waals surface area contributed by atoms with Crippen molar-refractivity contribution in [1.29, 1.82) is 0 Å². The number of nitrogens with zero attached hydrogens (tertiary/aromatic N) is 2. The number of thioether (sulfide) groups is 1. The fourth-order valence-corrected chi connectivity index (χ4v) is 5.85. The Bertz CT molecular complexity index is 1070. The number of carbonyl (C=O) groups is 2. The Hall–Kier alpha value is -2.31. The Labute approximate surface area is 197 Å². The van der Waals surface area contributed by atoms with Gasteiger partial charge in [0.2, 0.25) is 0 Å². The molecule has 1 fully saturated rings. The van der Waals surface area contributed by atoms with E-state index in [9.17, 15) is 9.59 Å². The molecular weight excluding hydrogens is 436 g/mol. The van der Waals surface area contributed by atoms with Crippen LogP contribution in [0.15, 0.2) is 53.0 Å². The molecule has 2 aromatic heterocycles. The van der Waals surface area contributed by atoms with Crippen LogP contribution in [0.4, 0.5) is 0 Å². The Balaban J connectivity index is 1.33. The van der Waals surface area contributed by atoms with E-state index in [2.05, 4.69) is 9.97 Å². The van der Waals surface area contributed by atoms with E-state index in [0.717, 1.165) is 70.3 Å². The predicted molar refractivity (Wildman–Crippen MR) is 131 cm³/mol. The Morgan fingerprint density at radius 3 is 2.75 bits per heavy atom. The summed E-state index contributed by atoms with van der Waals surface area (Å²) in [6, 6.07) is 11.8. The summed E-state index contributed by atoms with van der Waals surface area (Å²) >= 11 is 3.25. The minimum absolute atomic E-state index is 0.109. The first-order valence-corrected chi connectivity index (χ1v) is 13.1. The van der Waals surface area contributed by atoms with Gasteiger partial charge in [0.05, 0.1) is 17.1 Å². The van der Waals surface area contributed by atoms with Crippen molar-refractivity contribution in [2.75, 3.05) is 5.75 Å². The molecule has 6 heteroatoms. The molecule has 1 aromatic carbocycles. The third-order valence-corrected chi connectivity index (χ3v) is 7.68. The van der Waals surface area contributed by atoms with Crippen LogP contribution < -0.4 is 0 Å². The molecule has 2 heterocycles. The second kappa shape index (κ2) is 11.0. The summed E-state index contributed by atoms with van der Waals surface area (Å²) in [6.45, 7) is 2.00. The lowest BCUT2D eigenvalue weighted by Crippen LogP contribution is -2.16. The number of benzene rings is 1. The highest BCUT2D eigenvalue weighted by Gasteiger charge is 2.26. The summed E-state index contributed by atoms with van der Waals surface area (Å²) in [5, 5.41) is 3.91. The second-order valence-corrected chi connectivity index (χ2v) is 10.5. The van der Waals surface area contributed by atoms with Crippen LogP contribution in [-0.2, 0) is 24.1 Å². The lowest BCUT2D eigenvalue weighted by molar-refractivity contribution is -0.117. The van der Waals surface area contributed by atoms with Crippen LogP contribution in [0.3, 0.4) is 0 Å². The number of ketones is 2. The summed E-state index contributed by atoms with van der Waals surface area (Å²) in [7, 11) is 0. The monoisotopic (exact) mass is 464 g/mol. The van der Waals surface area contributed by atoms with Crippen LogP contribution in [0.1, 0.15) is 57.9 Å². The first-order valence-electron chi connectivity index (χ1n) is 11.2. The van der Waals surface area contributed by atoms with Gasteiger partial charge in [0, 0.05) is 35.2 Å². The zero-order chi connectivity index (χ0) is 22.3. The van der Waals surface area contributed by atoms with E-state index in [-0.39, 0.29) is 17.5 Å². The van der Waals surface area contributed by atoms with Gasteiger partial charge in [0.15, 0.2) is 5.78 Å². The molecule has 1 saturated carbocycles. The van der Waals surface area contributed by atoms with E-state index in [4.69, 9.17) is 0 Å². The second-order valence-electron chi connectivity index (χ2n) is 8.40. The smallest absolute Gasteiger partial charge is 0.166 e. The largest absolute Gasteiger partial charge is 0.299 e. The van der Waals surface area contributed by atoms with Gasteiger partial charge in [-0.2, -0.15) is 0 Å². The number of aryl methyl sites for hydroxylation is 2. The number of pyridine rings is 1. The maximum absolute atomic E-state index is 13.0. The molecular formula is C26H28N2O2S2. The normalized spacial score (nSPS) is 14.0. The van der Waals surface area contributed by atoms with E-state index in [0.29, 0.717) is 12.8 Å². The van der Waals surface area contributed by atoms with Crippen molar-refractivity contribution in [3.05, 3.63) is 75.4 Å². The van der Waals surface area contributed by atoms with Crippen molar-refractivity contribution in [1.82, 2.24) is 9.97 Å². The van der Waals surface area contributed by atoms with Gasteiger partial charge in [-0.1, -0.05) is 36.6 Å². The number of hydrogen-bond donors (Lipinski definition) is 0. The third-order valence-electron chi connectivity index (χ3n) is 5.84. The molecule has 3 aromatic rings. The Morgan fingerprint density at radius 2 is 1.97 bits per heavy atom. The molecule has 0 saturated heterocycles. The molecule has 0 unspecified atom stereocenters. The van der Waals surface area contributed by atoms with Gasteiger partial charge in [0.25, 0.3) is 0 Å². The van der Waals surface area contributed by atoms with Crippen molar-refractivity contribution < 1.29 is 9.59 Å². The highest BCUT2D eigenvalue weighted by molar-refractivity contribution is 7.99. The van der Waals surface area contributed by atoms with Crippen LogP contribution in [-0.4, -0.2) is 27.3 Å². The van der Waals surface area contributed by atoms with Crippen molar-refractivity contribution in [3.8, 4) is 0 Å². The molecule has 166 valence electrons. The molecule has 0 amide bonds. The molecule has 0 spiro atoms. The van der Waals surface area contributed by atoms with E-state index < -0.39 is 0 Å². The third kappa shape index (κ3) is 6.14. The van der Waals surface area contributed by atoms with Crippen molar-refractivity contribution >= 4 is 34.7 Å². The zero-order valence-electron chi connectivity index (χ0n) is 18.4. The average molecular weight is 465 g/mol. The van der Waals surface area contributed by atoms with Gasteiger partial charge >= 0.3 is 0 Å². The fourth-order valence-electron chi connectivity index (χ4n) is 4.16. The van der Waals surface area contributed by atoms with Crippen LogP contribution >= 0.6 is 23.1 Å². The minimum atomic E-state index is 0.109. The first kappa shape index (κ1) is 22.9. The molecule has 1 aliphatic carbocycles. The first-order chi connectivity index (χ1) is 15.6. The van der Waals surface area contributed by atoms with Gasteiger partial charge in [-0.25, -0.2) is 9.97 Å². The van der Waals surface area contributed by atoms with Gasteiger partial charge in [-0.3, -0.25) is 9.59 Å². The van der Waals surface area contributed by atoms with Gasteiger partial charge < -0.3 is 0 Å². The molecule has 1 aliphatic rings. The fraction of sp³-hybridized carbons (Fsp3) is 0.385. The summed E-state index contributed by atoms with van der Waals surface area (Å²) in [4.78, 5) is 34.8. The van der Waals surface area contributed by atoms with Crippen LogP contribution in [0.2, 0.25) is 0 Å². The van der Waals surface area contributed by atoms with E-state index in [1.807, 2.05) is 48.7 Å². The number of thiazole rings is 1. The predicted octanol–water partition coefficient (Wildman–Crippen LogP) is 5.91. The minimum Gasteiger partial charge on any atom is -0.299 e. The molecule has 0 radical (unpaired) electrons. The quantitative estimate of drug-likeness (QED) is 0.276. The molecule has 0 atom stereocenters. The van der Waals surface area contributed by atoms with Gasteiger partial charge in [-0.15, -0.1) is 23.1 Å². The molecule has 0 aliphatic heterocycles. The summed E-state index contributed by atoms with van der Waals surface area (Å²) in [5.74, 6) is 1.36. The SMILES string of the molecule is Cc1ccc(CC(=O)Cc2nc(CCSc3ccccn3)cs2)c(C(=O)C2CCCC2)c1. The number of aromatic nitrogens is 2. The molecule has 4 rings (SSSR count). The number of Topliss-reactive ketones (excluding diaryl/α,β-unsaturated/α-hetero) is 2. The lowest BCUT2D eigenvalue weighted by Gasteiger charge is -2.13. The van der Waals surface area contributed by atoms with Crippen molar-refractivity contribution in [2.24, 2.45) is 5.92 Å². The number of carbonyl (C=O) groups excluding carboxylic acids is 2. The van der Waals surface area contributed by atoms with E-state index >= 15 is 0 Å². The van der Waals surface area contributed by atoms with Gasteiger partial charge in [-0.05, 0) is 49.9 Å². The average Bonchev–Trinajstić information content (AvgIpc) is 3.48. The maximum atomic E-state index is 13.0. The van der Waals surface area contributed by atoms with Crippen LogP contribution in [0, 0.1) is 12.8 Å². The van der Waals surface area contributed by atoms with Crippen molar-refractivity contribution in [2.45, 2.75) is 56.9 Å². The topological polar surface area (TPSA) is 59.9 Å². The van der Waals surface area contributed by atoms with E-state index in [1.54, 1.807) is 29.3 Å². The maximum Gasteiger partial charge on any atom is 0.166 e. The summed E-state index contributed by atoms with van der Waals surface area (Å²) in [6.07, 6.45) is 7.47. The Morgan fingerprint density at radius 1 is 1.12 bits per heavy atom. The molecule has 0 N–H and O–H groups in total. The molecule has 0 bridgehead atoms. The van der Waals surface area contributed by atoms with Crippen LogP contribution in [0.25, 0.3) is 0 Å². The zero-order valence-corrected chi connectivity index (χ0v) is 20.0. The Kier molecular flexibility index (Phi) is 7.87. The van der Waals surface area contributed by atoms with Crippen molar-refractivity contribution in [3.63, 3.8) is 0 Å².